The summed E-state index contributed by atoms with van der Waals surface area (Å²) in [4.78, 5) is 6.88. The highest BCUT2D eigenvalue weighted by molar-refractivity contribution is 14.0. The molecule has 1 aliphatic heterocycles. The summed E-state index contributed by atoms with van der Waals surface area (Å²) in [6.45, 7) is 7.37. The summed E-state index contributed by atoms with van der Waals surface area (Å²) in [6.07, 6.45) is 2.26. The minimum Gasteiger partial charge on any atom is -0.493 e. The molecule has 28 heavy (non-hydrogen) atoms. The molecule has 0 unspecified atom stereocenters. The van der Waals surface area contributed by atoms with Gasteiger partial charge in [-0.2, -0.15) is 0 Å². The normalized spacial score (nSPS) is 15.8. The van der Waals surface area contributed by atoms with E-state index in [-0.39, 0.29) is 24.0 Å². The lowest BCUT2D eigenvalue weighted by atomic mass is 10.0. The maximum absolute atomic E-state index is 5.42. The quantitative estimate of drug-likeness (QED) is 0.337. The number of hydrogen-bond acceptors (Lipinski definition) is 5. The number of nitrogens with one attached hydrogen (secondary N) is 2. The van der Waals surface area contributed by atoms with Crippen LogP contribution in [0.25, 0.3) is 0 Å². The number of guanidine groups is 1. The van der Waals surface area contributed by atoms with E-state index < -0.39 is 0 Å². The minimum absolute atomic E-state index is 0. The van der Waals surface area contributed by atoms with E-state index in [0.29, 0.717) is 35.9 Å². The first-order valence-corrected chi connectivity index (χ1v) is 9.52. The SMILES string of the molecule is CN=C(NCc1cc(OC)c(OC)c(OC)c1)NC1CCN(C(C)C)CC1.I. The summed E-state index contributed by atoms with van der Waals surface area (Å²) in [5.74, 6) is 2.71. The van der Waals surface area contributed by atoms with Gasteiger partial charge in [0, 0.05) is 38.8 Å². The Labute approximate surface area is 186 Å². The zero-order valence-electron chi connectivity index (χ0n) is 17.9. The van der Waals surface area contributed by atoms with Crippen LogP contribution in [-0.2, 0) is 6.54 Å². The van der Waals surface area contributed by atoms with E-state index in [9.17, 15) is 0 Å². The average Bonchev–Trinajstić information content (AvgIpc) is 2.70. The Morgan fingerprint density at radius 1 is 1.11 bits per heavy atom. The molecule has 1 heterocycles. The van der Waals surface area contributed by atoms with E-state index in [1.165, 1.54) is 0 Å². The molecule has 0 amide bonds. The van der Waals surface area contributed by atoms with Crippen LogP contribution in [0, 0.1) is 0 Å². The van der Waals surface area contributed by atoms with Crippen molar-refractivity contribution in [1.29, 1.82) is 0 Å². The van der Waals surface area contributed by atoms with Crippen molar-refractivity contribution < 1.29 is 14.2 Å². The van der Waals surface area contributed by atoms with Crippen molar-refractivity contribution in [3.8, 4) is 17.2 Å². The lowest BCUT2D eigenvalue weighted by molar-refractivity contribution is 0.167. The van der Waals surface area contributed by atoms with Crippen molar-refractivity contribution in [1.82, 2.24) is 15.5 Å². The first-order valence-electron chi connectivity index (χ1n) is 9.52. The largest absolute Gasteiger partial charge is 0.493 e. The number of piperidine rings is 1. The first-order chi connectivity index (χ1) is 13.0. The number of likely N-dealkylation sites (tertiary alicyclic amines) is 1. The van der Waals surface area contributed by atoms with Gasteiger partial charge in [-0.05, 0) is 44.4 Å². The predicted molar refractivity (Wildman–Crippen MR) is 125 cm³/mol. The molecule has 0 atom stereocenters. The molecule has 1 saturated heterocycles. The van der Waals surface area contributed by atoms with Crippen LogP contribution in [0.4, 0.5) is 0 Å². The molecule has 1 fully saturated rings. The van der Waals surface area contributed by atoms with Crippen molar-refractivity contribution in [2.75, 3.05) is 41.5 Å². The maximum Gasteiger partial charge on any atom is 0.203 e. The van der Waals surface area contributed by atoms with Crippen molar-refractivity contribution in [2.45, 2.75) is 45.3 Å². The molecule has 7 nitrogen and oxygen atoms in total. The van der Waals surface area contributed by atoms with Gasteiger partial charge in [-0.1, -0.05) is 0 Å². The van der Waals surface area contributed by atoms with Gasteiger partial charge in [-0.25, -0.2) is 0 Å². The van der Waals surface area contributed by atoms with Gasteiger partial charge in [0.2, 0.25) is 5.75 Å². The van der Waals surface area contributed by atoms with Crippen LogP contribution < -0.4 is 24.8 Å². The molecule has 0 spiro atoms. The highest BCUT2D eigenvalue weighted by Crippen LogP contribution is 2.38. The zero-order chi connectivity index (χ0) is 19.8. The van der Waals surface area contributed by atoms with Gasteiger partial charge < -0.3 is 29.7 Å². The molecular weight excluding hydrogens is 471 g/mol. The lowest BCUT2D eigenvalue weighted by Gasteiger charge is -2.35. The number of nitrogens with zero attached hydrogens (tertiary/aromatic N) is 2. The summed E-state index contributed by atoms with van der Waals surface area (Å²) >= 11 is 0. The number of methoxy groups -OCH3 is 3. The van der Waals surface area contributed by atoms with E-state index in [2.05, 4.69) is 34.4 Å². The van der Waals surface area contributed by atoms with Crippen LogP contribution in [0.15, 0.2) is 17.1 Å². The Hall–Kier alpha value is -1.42. The monoisotopic (exact) mass is 506 g/mol. The number of halogens is 1. The Morgan fingerprint density at radius 2 is 1.68 bits per heavy atom. The maximum atomic E-state index is 5.42. The van der Waals surface area contributed by atoms with Crippen LogP contribution in [-0.4, -0.2) is 64.4 Å². The third kappa shape index (κ3) is 6.58. The highest BCUT2D eigenvalue weighted by atomic mass is 127. The van der Waals surface area contributed by atoms with Crippen molar-refractivity contribution in [2.24, 2.45) is 4.99 Å². The van der Waals surface area contributed by atoms with Gasteiger partial charge in [0.05, 0.1) is 21.3 Å². The molecule has 0 aliphatic carbocycles. The van der Waals surface area contributed by atoms with E-state index in [1.807, 2.05) is 12.1 Å². The predicted octanol–water partition coefficient (Wildman–Crippen LogP) is 2.87. The Kier molecular flexibility index (Phi) is 10.7. The third-order valence-electron chi connectivity index (χ3n) is 5.01. The van der Waals surface area contributed by atoms with E-state index in [1.54, 1.807) is 28.4 Å². The summed E-state index contributed by atoms with van der Waals surface area (Å²) < 4.78 is 16.2. The van der Waals surface area contributed by atoms with E-state index in [4.69, 9.17) is 14.2 Å². The fraction of sp³-hybridized carbons (Fsp3) is 0.650. The minimum atomic E-state index is 0. The molecule has 2 rings (SSSR count). The summed E-state index contributed by atoms with van der Waals surface area (Å²) in [6, 6.07) is 4.96. The Morgan fingerprint density at radius 3 is 2.11 bits per heavy atom. The van der Waals surface area contributed by atoms with Crippen molar-refractivity contribution >= 4 is 29.9 Å². The van der Waals surface area contributed by atoms with Gasteiger partial charge >= 0.3 is 0 Å². The fourth-order valence-corrected chi connectivity index (χ4v) is 3.37. The molecule has 0 radical (unpaired) electrons. The number of hydrogen-bond donors (Lipinski definition) is 2. The second-order valence-electron chi connectivity index (χ2n) is 7.01. The van der Waals surface area contributed by atoms with Crippen molar-refractivity contribution in [3.05, 3.63) is 17.7 Å². The summed E-state index contributed by atoms with van der Waals surface area (Å²) in [5, 5.41) is 6.92. The molecule has 0 bridgehead atoms. The van der Waals surface area contributed by atoms with Gasteiger partial charge in [0.25, 0.3) is 0 Å². The van der Waals surface area contributed by atoms with Crippen LogP contribution >= 0.6 is 24.0 Å². The molecule has 8 heteroatoms. The van der Waals surface area contributed by atoms with Gasteiger partial charge in [0.15, 0.2) is 17.5 Å². The summed E-state index contributed by atoms with van der Waals surface area (Å²) in [7, 11) is 6.65. The van der Waals surface area contributed by atoms with Gasteiger partial charge in [-0.3, -0.25) is 4.99 Å². The lowest BCUT2D eigenvalue weighted by Crippen LogP contribution is -2.49. The van der Waals surface area contributed by atoms with E-state index >= 15 is 0 Å². The Bertz CT molecular complexity index is 607. The molecule has 1 aliphatic rings. The van der Waals surface area contributed by atoms with Crippen LogP contribution in [0.3, 0.4) is 0 Å². The highest BCUT2D eigenvalue weighted by Gasteiger charge is 2.21. The standard InChI is InChI=1S/C20H34N4O3.HI/c1-14(2)24-9-7-16(8-10-24)23-20(21-3)22-13-15-11-17(25-4)19(27-6)18(12-15)26-5;/h11-12,14,16H,7-10,13H2,1-6H3,(H2,21,22,23);1H. The average molecular weight is 506 g/mol. The molecule has 0 saturated carbocycles. The molecule has 160 valence electrons. The van der Waals surface area contributed by atoms with Crippen LogP contribution in [0.2, 0.25) is 0 Å². The first kappa shape index (κ1) is 24.6. The topological polar surface area (TPSA) is 67.4 Å². The zero-order valence-corrected chi connectivity index (χ0v) is 20.2. The summed E-state index contributed by atoms with van der Waals surface area (Å²) in [5.41, 5.74) is 1.03. The Balaban J connectivity index is 0.00000392. The molecule has 1 aromatic carbocycles. The van der Waals surface area contributed by atoms with E-state index in [0.717, 1.165) is 37.5 Å². The molecule has 1 aromatic rings. The number of aliphatic imine (C=N–C) groups is 1. The second kappa shape index (κ2) is 12.2. The van der Waals surface area contributed by atoms with Crippen LogP contribution in [0.1, 0.15) is 32.3 Å². The number of benzene rings is 1. The van der Waals surface area contributed by atoms with Gasteiger partial charge in [0.1, 0.15) is 0 Å². The number of ether oxygens (including phenoxy) is 3. The molecule has 0 aromatic heterocycles. The molecular formula is C20H35IN4O3. The second-order valence-corrected chi connectivity index (χ2v) is 7.01. The fourth-order valence-electron chi connectivity index (χ4n) is 3.37. The smallest absolute Gasteiger partial charge is 0.203 e. The van der Waals surface area contributed by atoms with Crippen molar-refractivity contribution in [3.63, 3.8) is 0 Å². The third-order valence-corrected chi connectivity index (χ3v) is 5.01. The van der Waals surface area contributed by atoms with Crippen LogP contribution in [0.5, 0.6) is 17.2 Å². The van der Waals surface area contributed by atoms with Gasteiger partial charge in [-0.15, -0.1) is 24.0 Å². The number of rotatable bonds is 7. The molecule has 2 N–H and O–H groups in total.